The number of carbonyl (C=O) groups is 1. The van der Waals surface area contributed by atoms with Crippen LogP contribution in [0.3, 0.4) is 0 Å². The predicted molar refractivity (Wildman–Crippen MR) is 124 cm³/mol. The van der Waals surface area contributed by atoms with Gasteiger partial charge in [0.2, 0.25) is 0 Å². The lowest BCUT2D eigenvalue weighted by molar-refractivity contribution is 0.0720. The number of pyridine rings is 1. The molecule has 1 aliphatic heterocycles. The summed E-state index contributed by atoms with van der Waals surface area (Å²) in [6, 6.07) is 7.45. The van der Waals surface area contributed by atoms with Gasteiger partial charge in [0.1, 0.15) is 22.4 Å². The quantitative estimate of drug-likeness (QED) is 0.464. The monoisotopic (exact) mass is 452 g/mol. The smallest absolute Gasteiger partial charge is 0.273 e. The Morgan fingerprint density at radius 1 is 1.19 bits per heavy atom. The van der Waals surface area contributed by atoms with E-state index >= 15 is 0 Å². The summed E-state index contributed by atoms with van der Waals surface area (Å²) >= 11 is 7.98. The van der Waals surface area contributed by atoms with Gasteiger partial charge in [-0.25, -0.2) is 19.9 Å². The van der Waals surface area contributed by atoms with Crippen LogP contribution in [-0.2, 0) is 0 Å². The molecule has 7 nitrogen and oxygen atoms in total. The van der Waals surface area contributed by atoms with E-state index in [0.29, 0.717) is 21.9 Å². The summed E-state index contributed by atoms with van der Waals surface area (Å²) in [6.45, 7) is 3.51. The lowest BCUT2D eigenvalue weighted by atomic mass is 10.0. The molecule has 1 amide bonds. The number of anilines is 1. The fraction of sp³-hybridized carbons (Fsp3) is 0.318. The number of rotatable bonds is 4. The van der Waals surface area contributed by atoms with E-state index in [-0.39, 0.29) is 11.9 Å². The largest absolute Gasteiger partial charge is 0.360 e. The standard InChI is InChI=1S/C22H21ClN6OS/c1-13(27-20-19-21(25-11-24-20)31-12-26-19)16-10-14-6-5-7-15(23)17(14)18(28-16)22(30)29-8-3-2-4-9-29/h5-7,10-13H,2-4,8-9H2,1H3,(H,24,25,27). The maximum atomic E-state index is 13.4. The molecule has 3 aromatic heterocycles. The number of aromatic nitrogens is 4. The van der Waals surface area contributed by atoms with Gasteiger partial charge in [0.15, 0.2) is 5.82 Å². The number of hydrogen-bond acceptors (Lipinski definition) is 7. The van der Waals surface area contributed by atoms with Crippen molar-refractivity contribution >= 4 is 55.8 Å². The van der Waals surface area contributed by atoms with E-state index in [1.54, 1.807) is 11.6 Å². The third-order valence-electron chi connectivity index (χ3n) is 5.60. The van der Waals surface area contributed by atoms with E-state index in [1.165, 1.54) is 17.7 Å². The fourth-order valence-electron chi connectivity index (χ4n) is 3.99. The van der Waals surface area contributed by atoms with Gasteiger partial charge in [0.25, 0.3) is 5.91 Å². The van der Waals surface area contributed by atoms with Crippen LogP contribution in [0.15, 0.2) is 36.1 Å². The van der Waals surface area contributed by atoms with Crippen molar-refractivity contribution in [3.05, 3.63) is 52.5 Å². The number of halogens is 1. The number of amides is 1. The van der Waals surface area contributed by atoms with Crippen LogP contribution in [0.4, 0.5) is 5.82 Å². The molecule has 1 aromatic carbocycles. The molecule has 1 N–H and O–H groups in total. The maximum Gasteiger partial charge on any atom is 0.273 e. The van der Waals surface area contributed by atoms with Gasteiger partial charge in [0.05, 0.1) is 22.3 Å². The number of thiazole rings is 1. The molecule has 1 unspecified atom stereocenters. The van der Waals surface area contributed by atoms with Gasteiger partial charge < -0.3 is 10.2 Å². The third-order valence-corrected chi connectivity index (χ3v) is 6.65. The summed E-state index contributed by atoms with van der Waals surface area (Å²) in [7, 11) is 0. The number of nitrogens with one attached hydrogen (secondary N) is 1. The molecule has 0 radical (unpaired) electrons. The van der Waals surface area contributed by atoms with Gasteiger partial charge in [-0.2, -0.15) is 0 Å². The maximum absolute atomic E-state index is 13.4. The summed E-state index contributed by atoms with van der Waals surface area (Å²) in [5.74, 6) is 0.589. The number of hydrogen-bond donors (Lipinski definition) is 1. The molecule has 1 saturated heterocycles. The van der Waals surface area contributed by atoms with Crippen LogP contribution >= 0.6 is 22.9 Å². The molecule has 0 bridgehead atoms. The molecule has 4 heterocycles. The zero-order valence-electron chi connectivity index (χ0n) is 17.0. The van der Waals surface area contributed by atoms with Gasteiger partial charge in [-0.15, -0.1) is 11.3 Å². The minimum absolute atomic E-state index is 0.0595. The lowest BCUT2D eigenvalue weighted by Crippen LogP contribution is -2.36. The normalized spacial score (nSPS) is 15.4. The Bertz CT molecular complexity index is 1270. The molecule has 9 heteroatoms. The van der Waals surface area contributed by atoms with Crippen molar-refractivity contribution in [1.82, 2.24) is 24.8 Å². The molecule has 1 fully saturated rings. The van der Waals surface area contributed by atoms with Crippen molar-refractivity contribution in [3.8, 4) is 0 Å². The first-order valence-electron chi connectivity index (χ1n) is 10.3. The van der Waals surface area contributed by atoms with Crippen molar-refractivity contribution in [1.29, 1.82) is 0 Å². The fourth-order valence-corrected chi connectivity index (χ4v) is 4.89. The highest BCUT2D eigenvalue weighted by Gasteiger charge is 2.24. The second-order valence-electron chi connectivity index (χ2n) is 7.68. The molecular weight excluding hydrogens is 432 g/mol. The van der Waals surface area contributed by atoms with Gasteiger partial charge in [-0.05, 0) is 43.7 Å². The second kappa shape index (κ2) is 8.36. The van der Waals surface area contributed by atoms with E-state index < -0.39 is 0 Å². The molecule has 0 spiro atoms. The summed E-state index contributed by atoms with van der Waals surface area (Å²) in [5, 5.41) is 5.53. The molecular formula is C22H21ClN6OS. The minimum Gasteiger partial charge on any atom is -0.360 e. The zero-order valence-corrected chi connectivity index (χ0v) is 18.6. The van der Waals surface area contributed by atoms with E-state index in [0.717, 1.165) is 53.8 Å². The summed E-state index contributed by atoms with van der Waals surface area (Å²) < 4.78 is 0. The number of carbonyl (C=O) groups excluding carboxylic acids is 1. The Morgan fingerprint density at radius 3 is 2.87 bits per heavy atom. The highest BCUT2D eigenvalue weighted by molar-refractivity contribution is 7.16. The highest BCUT2D eigenvalue weighted by atomic mass is 35.5. The SMILES string of the molecule is CC(Nc1ncnc2scnc12)c1cc2cccc(Cl)c2c(C(=O)N2CCCCC2)n1. The van der Waals surface area contributed by atoms with Crippen LogP contribution in [0.1, 0.15) is 48.4 Å². The molecule has 4 aromatic rings. The van der Waals surface area contributed by atoms with E-state index in [1.807, 2.05) is 30.0 Å². The van der Waals surface area contributed by atoms with Crippen molar-refractivity contribution in [2.24, 2.45) is 0 Å². The second-order valence-corrected chi connectivity index (χ2v) is 8.92. The number of piperidine rings is 1. The van der Waals surface area contributed by atoms with Crippen molar-refractivity contribution in [2.45, 2.75) is 32.2 Å². The summed E-state index contributed by atoms with van der Waals surface area (Å²) in [5.41, 5.74) is 3.64. The average molecular weight is 453 g/mol. The van der Waals surface area contributed by atoms with Gasteiger partial charge in [-0.1, -0.05) is 23.7 Å². The van der Waals surface area contributed by atoms with Gasteiger partial charge in [0, 0.05) is 18.5 Å². The zero-order chi connectivity index (χ0) is 21.4. The Labute approximate surface area is 188 Å². The van der Waals surface area contributed by atoms with E-state index in [4.69, 9.17) is 16.6 Å². The molecule has 1 aliphatic rings. The Morgan fingerprint density at radius 2 is 2.03 bits per heavy atom. The Balaban J connectivity index is 1.55. The Kier molecular flexibility index (Phi) is 5.41. The number of fused-ring (bicyclic) bond motifs is 2. The van der Waals surface area contributed by atoms with Crippen LogP contribution in [0.5, 0.6) is 0 Å². The molecule has 1 atom stereocenters. The van der Waals surface area contributed by atoms with Crippen molar-refractivity contribution in [2.75, 3.05) is 18.4 Å². The van der Waals surface area contributed by atoms with Crippen molar-refractivity contribution < 1.29 is 4.79 Å². The molecule has 158 valence electrons. The van der Waals surface area contributed by atoms with E-state index in [2.05, 4.69) is 20.3 Å². The van der Waals surface area contributed by atoms with Gasteiger partial charge in [-0.3, -0.25) is 4.79 Å². The van der Waals surface area contributed by atoms with Gasteiger partial charge >= 0.3 is 0 Å². The molecule has 31 heavy (non-hydrogen) atoms. The first-order valence-corrected chi connectivity index (χ1v) is 11.6. The highest BCUT2D eigenvalue weighted by Crippen LogP contribution is 2.31. The van der Waals surface area contributed by atoms with Crippen LogP contribution < -0.4 is 5.32 Å². The summed E-state index contributed by atoms with van der Waals surface area (Å²) in [6.07, 6.45) is 4.72. The third kappa shape index (κ3) is 3.81. The summed E-state index contributed by atoms with van der Waals surface area (Å²) in [4.78, 5) is 33.9. The first kappa shape index (κ1) is 20.1. The Hall–Kier alpha value is -2.84. The average Bonchev–Trinajstić information content (AvgIpc) is 3.28. The molecule has 0 aliphatic carbocycles. The van der Waals surface area contributed by atoms with Crippen LogP contribution in [-0.4, -0.2) is 43.8 Å². The lowest BCUT2D eigenvalue weighted by Gasteiger charge is -2.27. The van der Waals surface area contributed by atoms with E-state index in [9.17, 15) is 4.79 Å². The minimum atomic E-state index is -0.198. The predicted octanol–water partition coefficient (Wildman–Crippen LogP) is 5.09. The van der Waals surface area contributed by atoms with Crippen LogP contribution in [0, 0.1) is 0 Å². The molecule has 0 saturated carbocycles. The topological polar surface area (TPSA) is 83.9 Å². The first-order chi connectivity index (χ1) is 15.1. The number of benzene rings is 1. The number of likely N-dealkylation sites (tertiary alicyclic amines) is 1. The van der Waals surface area contributed by atoms with Crippen molar-refractivity contribution in [3.63, 3.8) is 0 Å². The number of nitrogens with zero attached hydrogens (tertiary/aromatic N) is 5. The molecule has 5 rings (SSSR count). The van der Waals surface area contributed by atoms with Crippen LogP contribution in [0.2, 0.25) is 5.02 Å². The van der Waals surface area contributed by atoms with Crippen LogP contribution in [0.25, 0.3) is 21.1 Å².